The van der Waals surface area contributed by atoms with Gasteiger partial charge in [0.2, 0.25) is 0 Å². The molecule has 0 radical (unpaired) electrons. The average molecular weight is 276 g/mol. The monoisotopic (exact) mass is 276 g/mol. The van der Waals surface area contributed by atoms with Gasteiger partial charge in [-0.3, -0.25) is 4.79 Å². The van der Waals surface area contributed by atoms with Crippen LogP contribution < -0.4 is 15.4 Å². The molecule has 5 nitrogen and oxygen atoms in total. The summed E-state index contributed by atoms with van der Waals surface area (Å²) in [5.41, 5.74) is 1.88. The maximum Gasteiger partial charge on any atom is 0.262 e. The minimum atomic E-state index is -0.104. The van der Waals surface area contributed by atoms with E-state index in [1.165, 1.54) is 0 Å². The molecule has 2 unspecified atom stereocenters. The Balaban J connectivity index is 1.69. The van der Waals surface area contributed by atoms with Gasteiger partial charge in [0.25, 0.3) is 5.91 Å². The van der Waals surface area contributed by atoms with Gasteiger partial charge in [0.1, 0.15) is 5.75 Å². The number of ether oxygens (including phenoxy) is 2. The van der Waals surface area contributed by atoms with Gasteiger partial charge in [-0.05, 0) is 38.0 Å². The molecule has 5 heteroatoms. The molecule has 0 aromatic heterocycles. The number of carbonyl (C=O) groups excluding carboxylic acids is 1. The van der Waals surface area contributed by atoms with Gasteiger partial charge >= 0.3 is 0 Å². The zero-order valence-electron chi connectivity index (χ0n) is 11.9. The first-order valence-electron chi connectivity index (χ1n) is 6.99. The molecule has 1 aromatic carbocycles. The number of anilines is 1. The van der Waals surface area contributed by atoms with Crippen LogP contribution in [0.15, 0.2) is 18.2 Å². The Morgan fingerprint density at radius 3 is 3.10 bits per heavy atom. The minimum absolute atomic E-state index is 0.00957. The topological polar surface area (TPSA) is 59.6 Å². The second-order valence-electron chi connectivity index (χ2n) is 5.70. The zero-order chi connectivity index (χ0) is 14.2. The molecule has 2 N–H and O–H groups in total. The van der Waals surface area contributed by atoms with E-state index in [-0.39, 0.29) is 24.2 Å². The average Bonchev–Trinajstić information content (AvgIpc) is 2.76. The number of hydrogen-bond donors (Lipinski definition) is 2. The Morgan fingerprint density at radius 2 is 2.35 bits per heavy atom. The van der Waals surface area contributed by atoms with Crippen LogP contribution in [0.25, 0.3) is 0 Å². The summed E-state index contributed by atoms with van der Waals surface area (Å²) in [7, 11) is 0. The minimum Gasteiger partial charge on any atom is -0.482 e. The third-order valence-corrected chi connectivity index (χ3v) is 4.26. The molecule has 108 valence electrons. The third-order valence-electron chi connectivity index (χ3n) is 4.26. The summed E-state index contributed by atoms with van der Waals surface area (Å²) in [6.07, 6.45) is 1.22. The van der Waals surface area contributed by atoms with E-state index >= 15 is 0 Å². The molecule has 3 rings (SSSR count). The molecule has 2 atom stereocenters. The van der Waals surface area contributed by atoms with Gasteiger partial charge in [-0.25, -0.2) is 0 Å². The Kier molecular flexibility index (Phi) is 3.40. The molecule has 2 heterocycles. The maximum atomic E-state index is 11.3. The SMILES string of the molecule is CC1OCCC1(C)NCc1ccc2c(c1)NC(=O)CO2. The van der Waals surface area contributed by atoms with Crippen molar-refractivity contribution in [2.45, 2.75) is 38.5 Å². The first-order chi connectivity index (χ1) is 9.57. The van der Waals surface area contributed by atoms with Gasteiger partial charge in [0.05, 0.1) is 11.8 Å². The van der Waals surface area contributed by atoms with E-state index in [1.54, 1.807) is 0 Å². The Morgan fingerprint density at radius 1 is 1.50 bits per heavy atom. The van der Waals surface area contributed by atoms with E-state index in [4.69, 9.17) is 9.47 Å². The first kappa shape index (κ1) is 13.4. The van der Waals surface area contributed by atoms with Crippen molar-refractivity contribution in [2.24, 2.45) is 0 Å². The van der Waals surface area contributed by atoms with Crippen LogP contribution in [0.4, 0.5) is 5.69 Å². The van der Waals surface area contributed by atoms with Crippen molar-refractivity contribution in [3.05, 3.63) is 23.8 Å². The standard InChI is InChI=1S/C15H20N2O3/c1-10-15(2,5-6-19-10)16-8-11-3-4-13-12(7-11)17-14(18)9-20-13/h3-4,7,10,16H,5-6,8-9H2,1-2H3,(H,17,18). The van der Waals surface area contributed by atoms with Crippen LogP contribution in [0.2, 0.25) is 0 Å². The molecule has 1 amide bonds. The fraction of sp³-hybridized carbons (Fsp3) is 0.533. The summed E-state index contributed by atoms with van der Waals surface area (Å²) >= 11 is 0. The maximum absolute atomic E-state index is 11.3. The number of nitrogens with one attached hydrogen (secondary N) is 2. The first-order valence-corrected chi connectivity index (χ1v) is 6.99. The molecular weight excluding hydrogens is 256 g/mol. The van der Waals surface area contributed by atoms with Crippen LogP contribution in [-0.4, -0.2) is 30.8 Å². The molecule has 0 aliphatic carbocycles. The van der Waals surface area contributed by atoms with Gasteiger partial charge in [0, 0.05) is 18.7 Å². The van der Waals surface area contributed by atoms with Crippen molar-refractivity contribution in [1.82, 2.24) is 5.32 Å². The summed E-state index contributed by atoms with van der Waals surface area (Å²) in [6, 6.07) is 5.89. The summed E-state index contributed by atoms with van der Waals surface area (Å²) in [4.78, 5) is 11.3. The molecule has 2 aliphatic rings. The number of rotatable bonds is 3. The Hall–Kier alpha value is -1.59. The molecule has 1 saturated heterocycles. The highest BCUT2D eigenvalue weighted by molar-refractivity contribution is 5.95. The quantitative estimate of drug-likeness (QED) is 0.881. The number of amides is 1. The summed E-state index contributed by atoms with van der Waals surface area (Å²) in [5.74, 6) is 0.629. The van der Waals surface area contributed by atoms with Crippen LogP contribution in [0.1, 0.15) is 25.8 Å². The summed E-state index contributed by atoms with van der Waals surface area (Å²) < 4.78 is 11.0. The number of hydrogen-bond acceptors (Lipinski definition) is 4. The van der Waals surface area contributed by atoms with E-state index in [2.05, 4.69) is 24.5 Å². The van der Waals surface area contributed by atoms with E-state index in [0.717, 1.165) is 36.6 Å². The largest absolute Gasteiger partial charge is 0.482 e. The number of benzene rings is 1. The van der Waals surface area contributed by atoms with Crippen LogP contribution in [-0.2, 0) is 16.1 Å². The summed E-state index contributed by atoms with van der Waals surface area (Å²) in [6.45, 7) is 5.93. The van der Waals surface area contributed by atoms with E-state index in [9.17, 15) is 4.79 Å². The van der Waals surface area contributed by atoms with E-state index in [0.29, 0.717) is 0 Å². The lowest BCUT2D eigenvalue weighted by atomic mass is 9.94. The van der Waals surface area contributed by atoms with Crippen molar-refractivity contribution >= 4 is 11.6 Å². The molecular formula is C15H20N2O3. The summed E-state index contributed by atoms with van der Waals surface area (Å²) in [5, 5.41) is 6.39. The van der Waals surface area contributed by atoms with Gasteiger partial charge < -0.3 is 20.1 Å². The second-order valence-corrected chi connectivity index (χ2v) is 5.70. The lowest BCUT2D eigenvalue weighted by Crippen LogP contribution is -2.47. The predicted octanol–water partition coefficient (Wildman–Crippen LogP) is 1.67. The van der Waals surface area contributed by atoms with Gasteiger partial charge in [0.15, 0.2) is 6.61 Å². The third kappa shape index (κ3) is 2.51. The molecule has 20 heavy (non-hydrogen) atoms. The Labute approximate surface area is 118 Å². The highest BCUT2D eigenvalue weighted by Gasteiger charge is 2.36. The lowest BCUT2D eigenvalue weighted by Gasteiger charge is -2.29. The van der Waals surface area contributed by atoms with Crippen LogP contribution in [0.3, 0.4) is 0 Å². The van der Waals surface area contributed by atoms with Gasteiger partial charge in [-0.2, -0.15) is 0 Å². The second kappa shape index (κ2) is 5.07. The normalized spacial score (nSPS) is 28.7. The van der Waals surface area contributed by atoms with E-state index < -0.39 is 0 Å². The fourth-order valence-corrected chi connectivity index (χ4v) is 2.61. The highest BCUT2D eigenvalue weighted by Crippen LogP contribution is 2.29. The molecule has 0 saturated carbocycles. The molecule has 0 spiro atoms. The van der Waals surface area contributed by atoms with E-state index in [1.807, 2.05) is 18.2 Å². The van der Waals surface area contributed by atoms with Crippen molar-refractivity contribution in [1.29, 1.82) is 0 Å². The van der Waals surface area contributed by atoms with Gasteiger partial charge in [-0.1, -0.05) is 6.07 Å². The predicted molar refractivity (Wildman–Crippen MR) is 75.8 cm³/mol. The molecule has 1 fully saturated rings. The molecule has 1 aromatic rings. The van der Waals surface area contributed by atoms with Crippen LogP contribution >= 0.6 is 0 Å². The fourth-order valence-electron chi connectivity index (χ4n) is 2.61. The van der Waals surface area contributed by atoms with Crippen molar-refractivity contribution in [3.8, 4) is 5.75 Å². The molecule has 0 bridgehead atoms. The number of fused-ring (bicyclic) bond motifs is 1. The smallest absolute Gasteiger partial charge is 0.262 e. The highest BCUT2D eigenvalue weighted by atomic mass is 16.5. The van der Waals surface area contributed by atoms with Crippen LogP contribution in [0, 0.1) is 0 Å². The van der Waals surface area contributed by atoms with Crippen molar-refractivity contribution < 1.29 is 14.3 Å². The Bertz CT molecular complexity index is 532. The van der Waals surface area contributed by atoms with Crippen molar-refractivity contribution in [2.75, 3.05) is 18.5 Å². The number of carbonyl (C=O) groups is 1. The zero-order valence-corrected chi connectivity index (χ0v) is 11.9. The van der Waals surface area contributed by atoms with Crippen molar-refractivity contribution in [3.63, 3.8) is 0 Å². The van der Waals surface area contributed by atoms with Gasteiger partial charge in [-0.15, -0.1) is 0 Å². The van der Waals surface area contributed by atoms with Crippen LogP contribution in [0.5, 0.6) is 5.75 Å². The lowest BCUT2D eigenvalue weighted by molar-refractivity contribution is -0.118. The molecule has 2 aliphatic heterocycles.